The molecule has 1 aromatic heterocycles. The van der Waals surface area contributed by atoms with E-state index in [4.69, 9.17) is 47.4 Å². The fourth-order valence-corrected chi connectivity index (χ4v) is 7.12. The van der Waals surface area contributed by atoms with E-state index in [2.05, 4.69) is 28.6 Å². The Morgan fingerprint density at radius 1 is 1.16 bits per heavy atom. The highest BCUT2D eigenvalue weighted by atomic mass is 35.5. The Morgan fingerprint density at radius 3 is 2.61 bits per heavy atom. The molecule has 0 aromatic carbocycles. The number of nitrogens with one attached hydrogen (secondary N) is 1. The van der Waals surface area contributed by atoms with Crippen LogP contribution in [0.15, 0.2) is 128 Å². The van der Waals surface area contributed by atoms with Crippen molar-refractivity contribution in [3.8, 4) is 0 Å². The van der Waals surface area contributed by atoms with E-state index in [1.165, 1.54) is 6.08 Å². The molecule has 1 amide bonds. The van der Waals surface area contributed by atoms with Gasteiger partial charge in [0.05, 0.1) is 47.9 Å². The summed E-state index contributed by atoms with van der Waals surface area (Å²) < 4.78 is 18.9. The third-order valence-corrected chi connectivity index (χ3v) is 9.93. The van der Waals surface area contributed by atoms with Crippen molar-refractivity contribution in [2.24, 2.45) is 4.99 Å². The molecule has 51 heavy (non-hydrogen) atoms. The number of hydrogen-bond acceptors (Lipinski definition) is 8. The molecule has 2 unspecified atom stereocenters. The number of halogens is 2. The summed E-state index contributed by atoms with van der Waals surface area (Å²) in [6.07, 6.45) is 22.5. The molecule has 10 nitrogen and oxygen atoms in total. The van der Waals surface area contributed by atoms with E-state index in [1.807, 2.05) is 72.6 Å². The lowest BCUT2D eigenvalue weighted by Crippen LogP contribution is -2.46. The van der Waals surface area contributed by atoms with Gasteiger partial charge in [0.25, 0.3) is 0 Å². The predicted octanol–water partition coefficient (Wildman–Crippen LogP) is 6.58. The number of rotatable bonds is 12. The Kier molecular flexibility index (Phi) is 13.3. The highest BCUT2D eigenvalue weighted by Gasteiger charge is 2.29. The van der Waals surface area contributed by atoms with Gasteiger partial charge in [-0.15, -0.1) is 0 Å². The molecule has 3 heterocycles. The van der Waals surface area contributed by atoms with Crippen LogP contribution in [0.2, 0.25) is 0 Å². The molecule has 1 aromatic rings. The third kappa shape index (κ3) is 9.01. The monoisotopic (exact) mass is 732 g/mol. The molecule has 5 rings (SSSR count). The van der Waals surface area contributed by atoms with Crippen molar-refractivity contribution in [2.45, 2.75) is 32.3 Å². The van der Waals surface area contributed by atoms with Crippen molar-refractivity contribution >= 4 is 41.5 Å². The second-order valence-corrected chi connectivity index (χ2v) is 13.0. The van der Waals surface area contributed by atoms with Crippen LogP contribution in [-0.2, 0) is 19.0 Å². The molecule has 0 radical (unpaired) electrons. The van der Waals surface area contributed by atoms with E-state index in [0.717, 1.165) is 72.4 Å². The maximum absolute atomic E-state index is 12.7. The minimum atomic E-state index is -0.367. The van der Waals surface area contributed by atoms with Gasteiger partial charge in [0.15, 0.2) is 0 Å². The molecule has 0 spiro atoms. The van der Waals surface area contributed by atoms with Crippen molar-refractivity contribution in [3.05, 3.63) is 129 Å². The molecule has 4 aliphatic rings. The molecule has 2 atom stereocenters. The van der Waals surface area contributed by atoms with Crippen LogP contribution in [0.5, 0.6) is 0 Å². The normalized spacial score (nSPS) is 22.0. The van der Waals surface area contributed by atoms with Gasteiger partial charge in [-0.05, 0) is 48.9 Å². The smallest absolute Gasteiger partial charge is 0.247 e. The number of carbonyl (C=O) groups is 1. The SMILES string of the molecule is C=CC(=O)NC1=C(N2CCN(CC)CC2)C=C(OC)CC(/C(=C/C)N=CC2=Cn3ccnc3C(C3=C(Cl)C(COC)=CC(OC)C=C3Cl)C=C2)=C1. The maximum atomic E-state index is 12.7. The number of allylic oxidation sites excluding steroid dienone is 10. The fraction of sp³-hybridized carbons (Fsp3) is 0.359. The molecule has 0 saturated carbocycles. The zero-order chi connectivity index (χ0) is 36.5. The van der Waals surface area contributed by atoms with Crippen LogP contribution in [0.25, 0.3) is 6.20 Å². The maximum Gasteiger partial charge on any atom is 0.247 e. The topological polar surface area (TPSA) is 93.5 Å². The standard InChI is InChI=1S/C39H46Cl2N6O4/c1-7-33(27-18-30(51-6)22-35(34(20-27)44-36(48)8-2)46-16-14-45(9-3)15-17-46)43-23-26-10-11-31(39-42-12-13-47(39)24-26)37-32(40)21-29(50-5)19-28(25-49-4)38(37)41/h7-8,10-13,19-24,29,31H,2,9,14-18,25H2,1,3-6H3,(H,44,48)/b33-7-,43-23?. The summed E-state index contributed by atoms with van der Waals surface area (Å²) in [4.78, 5) is 27.0. The van der Waals surface area contributed by atoms with E-state index < -0.39 is 0 Å². The van der Waals surface area contributed by atoms with Crippen LogP contribution >= 0.6 is 23.2 Å². The van der Waals surface area contributed by atoms with Crippen LogP contribution in [0.3, 0.4) is 0 Å². The molecule has 1 saturated heterocycles. The summed E-state index contributed by atoms with van der Waals surface area (Å²) in [7, 11) is 4.92. The average Bonchev–Trinajstić information content (AvgIpc) is 3.37. The second-order valence-electron chi connectivity index (χ2n) is 12.2. The molecular formula is C39H46Cl2N6O4. The molecule has 2 aliphatic heterocycles. The summed E-state index contributed by atoms with van der Waals surface area (Å²) in [5.41, 5.74) is 5.52. The Bertz CT molecular complexity index is 1810. The number of aliphatic imine (C=N–C) groups is 1. The number of piperazine rings is 1. The van der Waals surface area contributed by atoms with E-state index in [0.29, 0.717) is 34.4 Å². The van der Waals surface area contributed by atoms with Gasteiger partial charge in [-0.25, -0.2) is 4.98 Å². The van der Waals surface area contributed by atoms with Gasteiger partial charge in [-0.3, -0.25) is 9.79 Å². The van der Waals surface area contributed by atoms with Crippen molar-refractivity contribution in [2.75, 3.05) is 60.7 Å². The van der Waals surface area contributed by atoms with Crippen LogP contribution in [0, 0.1) is 0 Å². The lowest BCUT2D eigenvalue weighted by Gasteiger charge is -2.36. The van der Waals surface area contributed by atoms with E-state index in [-0.39, 0.29) is 17.9 Å². The zero-order valence-corrected chi connectivity index (χ0v) is 31.4. The average molecular weight is 734 g/mol. The number of aromatic nitrogens is 2. The van der Waals surface area contributed by atoms with Gasteiger partial charge < -0.3 is 33.9 Å². The van der Waals surface area contributed by atoms with Gasteiger partial charge in [-0.1, -0.05) is 54.9 Å². The summed E-state index contributed by atoms with van der Waals surface area (Å²) in [5.74, 6) is 0.857. The lowest BCUT2D eigenvalue weighted by molar-refractivity contribution is -0.115. The number of amides is 1. The molecule has 1 N–H and O–H groups in total. The molecule has 1 fully saturated rings. The number of ether oxygens (including phenoxy) is 3. The van der Waals surface area contributed by atoms with Crippen LogP contribution in [0.4, 0.5) is 0 Å². The fourth-order valence-electron chi connectivity index (χ4n) is 6.39. The van der Waals surface area contributed by atoms with Crippen molar-refractivity contribution in [1.82, 2.24) is 24.7 Å². The van der Waals surface area contributed by atoms with Crippen LogP contribution in [0.1, 0.15) is 32.0 Å². The van der Waals surface area contributed by atoms with Gasteiger partial charge >= 0.3 is 0 Å². The summed E-state index contributed by atoms with van der Waals surface area (Å²) in [6.45, 7) is 12.6. The number of hydrogen-bond donors (Lipinski definition) is 1. The predicted molar refractivity (Wildman–Crippen MR) is 205 cm³/mol. The van der Waals surface area contributed by atoms with Crippen molar-refractivity contribution in [1.29, 1.82) is 0 Å². The Morgan fingerprint density at radius 2 is 1.94 bits per heavy atom. The van der Waals surface area contributed by atoms with Gasteiger partial charge in [0.1, 0.15) is 11.6 Å². The highest BCUT2D eigenvalue weighted by Crippen LogP contribution is 2.41. The Hall–Kier alpha value is -4.19. The molecule has 270 valence electrons. The van der Waals surface area contributed by atoms with E-state index in [9.17, 15) is 4.79 Å². The quantitative estimate of drug-likeness (QED) is 0.192. The third-order valence-electron chi connectivity index (χ3n) is 9.16. The number of fused-ring (bicyclic) bond motifs is 1. The largest absolute Gasteiger partial charge is 0.501 e. The van der Waals surface area contributed by atoms with Gasteiger partial charge in [0.2, 0.25) is 5.91 Å². The number of methoxy groups -OCH3 is 3. The highest BCUT2D eigenvalue weighted by molar-refractivity contribution is 6.37. The summed E-state index contributed by atoms with van der Waals surface area (Å²) in [5, 5.41) is 4.03. The lowest BCUT2D eigenvalue weighted by atomic mass is 9.94. The van der Waals surface area contributed by atoms with Crippen molar-refractivity contribution < 1.29 is 19.0 Å². The van der Waals surface area contributed by atoms with Crippen LogP contribution in [-0.4, -0.2) is 98.2 Å². The van der Waals surface area contributed by atoms with Crippen LogP contribution < -0.4 is 5.32 Å². The Balaban J connectivity index is 1.49. The number of nitrogens with zero attached hydrogens (tertiary/aromatic N) is 5. The minimum Gasteiger partial charge on any atom is -0.501 e. The zero-order valence-electron chi connectivity index (χ0n) is 29.9. The summed E-state index contributed by atoms with van der Waals surface area (Å²) in [6, 6.07) is 0. The number of imidazole rings is 1. The minimum absolute atomic E-state index is 0.286. The first-order valence-corrected chi connectivity index (χ1v) is 17.7. The Labute approximate surface area is 310 Å². The van der Waals surface area contributed by atoms with E-state index in [1.54, 1.807) is 27.5 Å². The molecular weight excluding hydrogens is 687 g/mol. The van der Waals surface area contributed by atoms with Gasteiger partial charge in [-0.2, -0.15) is 0 Å². The van der Waals surface area contributed by atoms with E-state index >= 15 is 0 Å². The molecule has 2 aliphatic carbocycles. The first kappa shape index (κ1) is 38.1. The molecule has 12 heteroatoms. The van der Waals surface area contributed by atoms with Gasteiger partial charge in [0, 0.05) is 93.9 Å². The first-order valence-electron chi connectivity index (χ1n) is 17.0. The first-order chi connectivity index (χ1) is 24.7. The molecule has 0 bridgehead atoms. The summed E-state index contributed by atoms with van der Waals surface area (Å²) >= 11 is 14.0. The number of likely N-dealkylation sites (N-methyl/N-ethyl adjacent to an activating group) is 1. The van der Waals surface area contributed by atoms with Crippen molar-refractivity contribution in [3.63, 3.8) is 0 Å². The number of carbonyl (C=O) groups excluding carboxylic acids is 1. The second kappa shape index (κ2) is 17.8.